The fourth-order valence-corrected chi connectivity index (χ4v) is 5.11. The van der Waals surface area contributed by atoms with Gasteiger partial charge in [0.25, 0.3) is 5.91 Å². The number of hydrogen-bond donors (Lipinski definition) is 1. The van der Waals surface area contributed by atoms with E-state index in [0.29, 0.717) is 39.7 Å². The number of nitrogens with one attached hydrogen (secondary N) is 1. The predicted molar refractivity (Wildman–Crippen MR) is 149 cm³/mol. The van der Waals surface area contributed by atoms with Crippen molar-refractivity contribution >= 4 is 34.9 Å². The number of carbonyl (C=O) groups is 2. The zero-order chi connectivity index (χ0) is 30.9. The monoisotopic (exact) mass is 622 g/mol. The fraction of sp³-hybridized carbons (Fsp3) is 0.333. The van der Waals surface area contributed by atoms with Gasteiger partial charge in [-0.3, -0.25) is 9.59 Å². The summed E-state index contributed by atoms with van der Waals surface area (Å²) in [7, 11) is 2.62. The Labute approximate surface area is 249 Å². The summed E-state index contributed by atoms with van der Waals surface area (Å²) in [4.78, 5) is 27.2. The number of halogens is 5. The Kier molecular flexibility index (Phi) is 8.33. The third kappa shape index (κ3) is 6.90. The largest absolute Gasteiger partial charge is 0.573 e. The summed E-state index contributed by atoms with van der Waals surface area (Å²) >= 11 is 6.08. The molecule has 0 aromatic heterocycles. The first kappa shape index (κ1) is 30.3. The van der Waals surface area contributed by atoms with E-state index in [4.69, 9.17) is 21.1 Å². The summed E-state index contributed by atoms with van der Waals surface area (Å²) in [6.07, 6.45) is -4.47. The number of hydrogen-bond acceptors (Lipinski definition) is 7. The van der Waals surface area contributed by atoms with E-state index in [-0.39, 0.29) is 18.7 Å². The summed E-state index contributed by atoms with van der Waals surface area (Å²) in [6.45, 7) is -0.159. The highest BCUT2D eigenvalue weighted by Crippen LogP contribution is 2.48. The lowest BCUT2D eigenvalue weighted by Crippen LogP contribution is -2.37. The van der Waals surface area contributed by atoms with Crippen molar-refractivity contribution < 1.29 is 46.1 Å². The van der Waals surface area contributed by atoms with E-state index in [9.17, 15) is 27.2 Å². The molecule has 13 heteroatoms. The molecule has 1 saturated carbocycles. The van der Waals surface area contributed by atoms with E-state index in [2.05, 4.69) is 14.8 Å². The van der Waals surface area contributed by atoms with Crippen LogP contribution >= 0.6 is 11.6 Å². The van der Waals surface area contributed by atoms with E-state index in [0.717, 1.165) is 0 Å². The van der Waals surface area contributed by atoms with Crippen molar-refractivity contribution in [1.29, 1.82) is 0 Å². The van der Waals surface area contributed by atoms with Gasteiger partial charge < -0.3 is 29.2 Å². The van der Waals surface area contributed by atoms with E-state index < -0.39 is 48.2 Å². The normalized spacial score (nSPS) is 19.7. The first-order valence-corrected chi connectivity index (χ1v) is 13.6. The molecule has 0 spiro atoms. The molecule has 228 valence electrons. The van der Waals surface area contributed by atoms with Crippen molar-refractivity contribution in [2.24, 2.45) is 5.92 Å². The van der Waals surface area contributed by atoms with Crippen LogP contribution in [0.5, 0.6) is 17.2 Å². The number of ether oxygens (including phenoxy) is 4. The number of methoxy groups -OCH3 is 2. The van der Waals surface area contributed by atoms with Crippen molar-refractivity contribution in [1.82, 2.24) is 0 Å². The molecule has 5 rings (SSSR count). The van der Waals surface area contributed by atoms with Crippen molar-refractivity contribution in [3.8, 4) is 17.2 Å². The lowest BCUT2D eigenvalue weighted by Gasteiger charge is -2.27. The van der Waals surface area contributed by atoms with Gasteiger partial charge in [0.1, 0.15) is 29.9 Å². The van der Waals surface area contributed by atoms with Gasteiger partial charge in [-0.25, -0.2) is 4.39 Å². The van der Waals surface area contributed by atoms with Crippen LogP contribution in [-0.2, 0) is 20.7 Å². The maximum absolute atomic E-state index is 14.9. The van der Waals surface area contributed by atoms with Gasteiger partial charge in [0.15, 0.2) is 5.67 Å². The molecule has 43 heavy (non-hydrogen) atoms. The van der Waals surface area contributed by atoms with E-state index in [1.807, 2.05) is 0 Å². The van der Waals surface area contributed by atoms with Gasteiger partial charge in [-0.2, -0.15) is 0 Å². The van der Waals surface area contributed by atoms with Crippen LogP contribution in [-0.4, -0.2) is 51.3 Å². The van der Waals surface area contributed by atoms with Gasteiger partial charge in [0.2, 0.25) is 0 Å². The van der Waals surface area contributed by atoms with Crippen molar-refractivity contribution in [2.45, 2.75) is 30.9 Å². The Bertz CT molecular complexity index is 1520. The minimum atomic E-state index is -4.89. The van der Waals surface area contributed by atoms with E-state index in [1.54, 1.807) is 36.4 Å². The Morgan fingerprint density at radius 1 is 1.05 bits per heavy atom. The van der Waals surface area contributed by atoms with Crippen LogP contribution < -0.4 is 24.4 Å². The van der Waals surface area contributed by atoms with Gasteiger partial charge >= 0.3 is 12.3 Å². The third-order valence-corrected chi connectivity index (χ3v) is 7.55. The maximum atomic E-state index is 14.9. The maximum Gasteiger partial charge on any atom is 0.573 e. The van der Waals surface area contributed by atoms with Gasteiger partial charge in [-0.1, -0.05) is 29.8 Å². The highest BCUT2D eigenvalue weighted by molar-refractivity contribution is 6.30. The standard InChI is InChI=1S/C30H27ClF4N2O6/c1-40-22-11-20(12-23(13-22)42-16-29(32)15-24(29)28(39)41-2)36-26(18-3-6-19(31)7-4-18)27(38)37-10-9-17-5-8-21(14-25(17)37)43-30(33,34)35/h3-8,11-14,24,26,36H,9-10,15-16H2,1-2H3/t24-,26?,29-/m1/s1. The first-order valence-electron chi connectivity index (χ1n) is 13.2. The van der Waals surface area contributed by atoms with Crippen LogP contribution in [0.2, 0.25) is 5.02 Å². The molecule has 3 atom stereocenters. The molecular weight excluding hydrogens is 596 g/mol. The van der Waals surface area contributed by atoms with E-state index >= 15 is 0 Å². The predicted octanol–water partition coefficient (Wildman–Crippen LogP) is 6.27. The molecular formula is C30H27ClF4N2O6. The molecule has 2 aliphatic rings. The van der Waals surface area contributed by atoms with Crippen molar-refractivity contribution in [3.05, 3.63) is 76.8 Å². The quantitative estimate of drug-likeness (QED) is 0.211. The molecule has 8 nitrogen and oxygen atoms in total. The number of rotatable bonds is 10. The topological polar surface area (TPSA) is 86.3 Å². The van der Waals surface area contributed by atoms with Crippen molar-refractivity contribution in [3.63, 3.8) is 0 Å². The average molecular weight is 623 g/mol. The number of alkyl halides is 4. The molecule has 3 aromatic rings. The molecule has 1 fully saturated rings. The van der Waals surface area contributed by atoms with Crippen LogP contribution in [0.3, 0.4) is 0 Å². The Morgan fingerprint density at radius 3 is 2.44 bits per heavy atom. The second-order valence-corrected chi connectivity index (χ2v) is 10.6. The van der Waals surface area contributed by atoms with Crippen LogP contribution in [0.4, 0.5) is 28.9 Å². The molecule has 1 aliphatic carbocycles. The first-order chi connectivity index (χ1) is 20.4. The summed E-state index contributed by atoms with van der Waals surface area (Å²) in [6, 6.07) is 14.1. The smallest absolute Gasteiger partial charge is 0.497 e. The molecule has 1 heterocycles. The van der Waals surface area contributed by atoms with Gasteiger partial charge in [0.05, 0.1) is 25.8 Å². The number of carbonyl (C=O) groups excluding carboxylic acids is 2. The SMILES string of the molecule is COC(=O)[C@H]1C[C@@]1(F)COc1cc(NC(C(=O)N2CCc3ccc(OC(F)(F)F)cc32)c2ccc(Cl)cc2)cc(OC)c1. The second kappa shape index (κ2) is 11.8. The molecule has 3 aromatic carbocycles. The number of esters is 1. The lowest BCUT2D eigenvalue weighted by atomic mass is 10.0. The molecule has 0 bridgehead atoms. The van der Waals surface area contributed by atoms with Crippen LogP contribution in [0.25, 0.3) is 0 Å². The highest BCUT2D eigenvalue weighted by atomic mass is 35.5. The Morgan fingerprint density at radius 2 is 1.77 bits per heavy atom. The number of fused-ring (bicyclic) bond motifs is 1. The van der Waals surface area contributed by atoms with Crippen molar-refractivity contribution in [2.75, 3.05) is 37.6 Å². The number of amides is 1. The molecule has 0 radical (unpaired) electrons. The minimum absolute atomic E-state index is 0.0189. The second-order valence-electron chi connectivity index (χ2n) is 10.2. The summed E-state index contributed by atoms with van der Waals surface area (Å²) in [5.74, 6) is -1.88. The Hall–Kier alpha value is -4.19. The molecule has 1 unspecified atom stereocenters. The van der Waals surface area contributed by atoms with Crippen LogP contribution in [0.15, 0.2) is 60.7 Å². The van der Waals surface area contributed by atoms with Gasteiger partial charge in [0, 0.05) is 47.9 Å². The number of anilines is 2. The summed E-state index contributed by atoms with van der Waals surface area (Å²) < 4.78 is 73.3. The van der Waals surface area contributed by atoms with Gasteiger partial charge in [-0.05, 0) is 35.7 Å². The molecule has 1 amide bonds. The third-order valence-electron chi connectivity index (χ3n) is 7.30. The molecule has 1 aliphatic heterocycles. The summed E-state index contributed by atoms with van der Waals surface area (Å²) in [5, 5.41) is 3.61. The summed E-state index contributed by atoms with van der Waals surface area (Å²) in [5.41, 5.74) is 0.0471. The Balaban J connectivity index is 1.42. The average Bonchev–Trinajstić information content (AvgIpc) is 3.47. The zero-order valence-electron chi connectivity index (χ0n) is 23.0. The lowest BCUT2D eigenvalue weighted by molar-refractivity contribution is -0.274. The fourth-order valence-electron chi connectivity index (χ4n) is 4.99. The minimum Gasteiger partial charge on any atom is -0.497 e. The molecule has 1 N–H and O–H groups in total. The van der Waals surface area contributed by atoms with Crippen LogP contribution in [0.1, 0.15) is 23.6 Å². The number of benzene rings is 3. The molecule has 0 saturated heterocycles. The zero-order valence-corrected chi connectivity index (χ0v) is 23.8. The number of nitrogens with zero attached hydrogens (tertiary/aromatic N) is 1. The van der Waals surface area contributed by atoms with Gasteiger partial charge in [-0.15, -0.1) is 13.2 Å². The highest BCUT2D eigenvalue weighted by Gasteiger charge is 2.61. The van der Waals surface area contributed by atoms with Crippen LogP contribution in [0, 0.1) is 5.92 Å². The van der Waals surface area contributed by atoms with E-state index in [1.165, 1.54) is 43.4 Å².